The highest BCUT2D eigenvalue weighted by Gasteiger charge is 2.29. The summed E-state index contributed by atoms with van der Waals surface area (Å²) in [5, 5.41) is 23.0. The van der Waals surface area contributed by atoms with Crippen molar-refractivity contribution in [2.75, 3.05) is 39.1 Å². The minimum Gasteiger partial charge on any atom is -0.497 e. The van der Waals surface area contributed by atoms with Crippen molar-refractivity contribution in [1.82, 2.24) is 14.9 Å². The molecule has 3 heterocycles. The van der Waals surface area contributed by atoms with Crippen molar-refractivity contribution in [3.8, 4) is 5.75 Å². The minimum absolute atomic E-state index is 0.194. The monoisotopic (exact) mass is 467 g/mol. The molecule has 1 saturated heterocycles. The fourth-order valence-electron chi connectivity index (χ4n) is 4.75. The SMILES string of the molecule is COc1ccc2nccc([C@@H](O)CC[C@@H]3CCN(CCSc4ccccn4)C[C@@H]3CO)c2c1. The van der Waals surface area contributed by atoms with Gasteiger partial charge in [-0.3, -0.25) is 4.98 Å². The topological polar surface area (TPSA) is 78.7 Å². The van der Waals surface area contributed by atoms with Gasteiger partial charge in [0.05, 0.1) is 23.8 Å². The van der Waals surface area contributed by atoms with E-state index < -0.39 is 6.10 Å². The van der Waals surface area contributed by atoms with E-state index in [-0.39, 0.29) is 12.5 Å². The summed E-state index contributed by atoms with van der Waals surface area (Å²) < 4.78 is 5.36. The van der Waals surface area contributed by atoms with E-state index in [1.165, 1.54) is 0 Å². The summed E-state index contributed by atoms with van der Waals surface area (Å²) in [6, 6.07) is 13.7. The number of aliphatic hydroxyl groups excluding tert-OH is 2. The lowest BCUT2D eigenvalue weighted by atomic mass is 9.81. The van der Waals surface area contributed by atoms with Crippen LogP contribution in [0.5, 0.6) is 5.75 Å². The Labute approximate surface area is 200 Å². The lowest BCUT2D eigenvalue weighted by Gasteiger charge is -2.38. The van der Waals surface area contributed by atoms with Crippen LogP contribution in [-0.2, 0) is 0 Å². The Morgan fingerprint density at radius 2 is 2.06 bits per heavy atom. The van der Waals surface area contributed by atoms with Crippen LogP contribution in [-0.4, -0.2) is 64.2 Å². The summed E-state index contributed by atoms with van der Waals surface area (Å²) in [6.45, 7) is 3.14. The first-order chi connectivity index (χ1) is 16.2. The van der Waals surface area contributed by atoms with Gasteiger partial charge in [-0.2, -0.15) is 0 Å². The maximum absolute atomic E-state index is 11.0. The van der Waals surface area contributed by atoms with Gasteiger partial charge in [0.25, 0.3) is 0 Å². The molecule has 0 aliphatic carbocycles. The average Bonchev–Trinajstić information content (AvgIpc) is 2.87. The molecule has 2 N–H and O–H groups in total. The zero-order valence-corrected chi connectivity index (χ0v) is 20.0. The molecule has 176 valence electrons. The normalized spacial score (nSPS) is 20.1. The first-order valence-electron chi connectivity index (χ1n) is 11.7. The van der Waals surface area contributed by atoms with E-state index in [2.05, 4.69) is 14.9 Å². The summed E-state index contributed by atoms with van der Waals surface area (Å²) in [6.07, 6.45) is 5.65. The van der Waals surface area contributed by atoms with Crippen LogP contribution in [0.15, 0.2) is 59.9 Å². The first kappa shape index (κ1) is 24.0. The number of aliphatic hydroxyl groups is 2. The fourth-order valence-corrected chi connectivity index (χ4v) is 5.62. The molecule has 1 aliphatic rings. The molecule has 0 radical (unpaired) electrons. The number of fused-ring (bicyclic) bond motifs is 1. The molecular formula is C26H33N3O3S. The molecule has 1 fully saturated rings. The number of ether oxygens (including phenoxy) is 1. The van der Waals surface area contributed by atoms with Gasteiger partial charge < -0.3 is 19.8 Å². The Balaban J connectivity index is 1.30. The minimum atomic E-state index is -0.560. The molecule has 1 aliphatic heterocycles. The van der Waals surface area contributed by atoms with E-state index in [4.69, 9.17) is 4.74 Å². The van der Waals surface area contributed by atoms with Crippen LogP contribution in [0.25, 0.3) is 10.9 Å². The van der Waals surface area contributed by atoms with Crippen molar-refractivity contribution in [2.24, 2.45) is 11.8 Å². The second-order valence-corrected chi connectivity index (χ2v) is 9.80. The number of methoxy groups -OCH3 is 1. The smallest absolute Gasteiger partial charge is 0.119 e. The van der Waals surface area contributed by atoms with E-state index in [0.29, 0.717) is 12.3 Å². The Bertz CT molecular complexity index is 1020. The van der Waals surface area contributed by atoms with E-state index in [9.17, 15) is 10.2 Å². The number of likely N-dealkylation sites (tertiary alicyclic amines) is 1. The van der Waals surface area contributed by atoms with Gasteiger partial charge in [0.2, 0.25) is 0 Å². The number of pyridine rings is 2. The number of piperidine rings is 1. The molecule has 6 nitrogen and oxygen atoms in total. The Hall–Kier alpha value is -2.19. The van der Waals surface area contributed by atoms with Gasteiger partial charge in [-0.25, -0.2) is 4.98 Å². The summed E-state index contributed by atoms with van der Waals surface area (Å²) in [5.41, 5.74) is 1.75. The molecule has 3 aromatic rings. The lowest BCUT2D eigenvalue weighted by molar-refractivity contribution is 0.0608. The lowest BCUT2D eigenvalue weighted by Crippen LogP contribution is -2.43. The predicted molar refractivity (Wildman–Crippen MR) is 133 cm³/mol. The quantitative estimate of drug-likeness (QED) is 0.433. The summed E-state index contributed by atoms with van der Waals surface area (Å²) in [5.74, 6) is 2.43. The number of aromatic nitrogens is 2. The number of nitrogens with zero attached hydrogens (tertiary/aromatic N) is 3. The van der Waals surface area contributed by atoms with Crippen molar-refractivity contribution >= 4 is 22.7 Å². The van der Waals surface area contributed by atoms with Crippen LogP contribution in [0.2, 0.25) is 0 Å². The number of benzene rings is 1. The van der Waals surface area contributed by atoms with Crippen LogP contribution in [0.4, 0.5) is 0 Å². The standard InChI is InChI=1S/C26H33N3O3S/c1-32-21-6-7-24-23(16-21)22(9-12-27-24)25(31)8-5-19-10-13-29(17-20(19)18-30)14-15-33-26-4-2-3-11-28-26/h2-4,6-7,9,11-12,16,19-20,25,30-31H,5,8,10,13-15,17-18H2,1H3/t19-,20-,25+/m1/s1. The number of rotatable bonds is 10. The number of thioether (sulfide) groups is 1. The molecular weight excluding hydrogens is 434 g/mol. The summed E-state index contributed by atoms with van der Waals surface area (Å²) in [4.78, 5) is 11.2. The highest BCUT2D eigenvalue weighted by Crippen LogP contribution is 2.33. The Morgan fingerprint density at radius 3 is 2.85 bits per heavy atom. The second kappa shape index (κ2) is 11.8. The third-order valence-electron chi connectivity index (χ3n) is 6.66. The number of hydrogen-bond acceptors (Lipinski definition) is 7. The van der Waals surface area contributed by atoms with Gasteiger partial charge in [0.1, 0.15) is 5.75 Å². The van der Waals surface area contributed by atoms with Gasteiger partial charge in [-0.05, 0) is 79.6 Å². The summed E-state index contributed by atoms with van der Waals surface area (Å²) in [7, 11) is 1.65. The molecule has 33 heavy (non-hydrogen) atoms. The van der Waals surface area contributed by atoms with Gasteiger partial charge in [0, 0.05) is 43.2 Å². The molecule has 1 aromatic carbocycles. The first-order valence-corrected chi connectivity index (χ1v) is 12.6. The highest BCUT2D eigenvalue weighted by atomic mass is 32.2. The third-order valence-corrected chi connectivity index (χ3v) is 7.58. The molecule has 0 amide bonds. The third kappa shape index (κ3) is 6.23. The van der Waals surface area contributed by atoms with Crippen LogP contribution < -0.4 is 4.74 Å². The van der Waals surface area contributed by atoms with Gasteiger partial charge >= 0.3 is 0 Å². The molecule has 0 bridgehead atoms. The zero-order chi connectivity index (χ0) is 23.0. The molecule has 7 heteroatoms. The van der Waals surface area contributed by atoms with E-state index in [0.717, 1.165) is 65.5 Å². The molecule has 4 rings (SSSR count). The fraction of sp³-hybridized carbons (Fsp3) is 0.462. The molecule has 3 atom stereocenters. The van der Waals surface area contributed by atoms with Crippen molar-refractivity contribution in [1.29, 1.82) is 0 Å². The Kier molecular flexibility index (Phi) is 8.56. The average molecular weight is 468 g/mol. The van der Waals surface area contributed by atoms with E-state index in [1.54, 1.807) is 25.1 Å². The van der Waals surface area contributed by atoms with Crippen molar-refractivity contribution < 1.29 is 14.9 Å². The van der Waals surface area contributed by atoms with Crippen molar-refractivity contribution in [3.05, 3.63) is 60.4 Å². The largest absolute Gasteiger partial charge is 0.497 e. The maximum atomic E-state index is 11.0. The molecule has 0 spiro atoms. The van der Waals surface area contributed by atoms with Crippen LogP contribution >= 0.6 is 11.8 Å². The van der Waals surface area contributed by atoms with Crippen LogP contribution in [0, 0.1) is 11.8 Å². The van der Waals surface area contributed by atoms with Crippen LogP contribution in [0.1, 0.15) is 30.9 Å². The van der Waals surface area contributed by atoms with Gasteiger partial charge in [-0.1, -0.05) is 6.07 Å². The second-order valence-electron chi connectivity index (χ2n) is 8.68. The molecule has 0 saturated carbocycles. The number of hydrogen-bond donors (Lipinski definition) is 2. The predicted octanol–water partition coefficient (Wildman–Crippen LogP) is 4.17. The maximum Gasteiger partial charge on any atom is 0.119 e. The van der Waals surface area contributed by atoms with Crippen LogP contribution in [0.3, 0.4) is 0 Å². The molecule has 2 aromatic heterocycles. The zero-order valence-electron chi connectivity index (χ0n) is 19.1. The van der Waals surface area contributed by atoms with E-state index in [1.807, 2.05) is 48.7 Å². The summed E-state index contributed by atoms with van der Waals surface area (Å²) >= 11 is 1.78. The highest BCUT2D eigenvalue weighted by molar-refractivity contribution is 7.99. The van der Waals surface area contributed by atoms with Crippen molar-refractivity contribution in [2.45, 2.75) is 30.4 Å². The van der Waals surface area contributed by atoms with Crippen molar-refractivity contribution in [3.63, 3.8) is 0 Å². The Morgan fingerprint density at radius 1 is 1.15 bits per heavy atom. The van der Waals surface area contributed by atoms with Gasteiger partial charge in [-0.15, -0.1) is 11.8 Å². The van der Waals surface area contributed by atoms with E-state index >= 15 is 0 Å². The van der Waals surface area contributed by atoms with Gasteiger partial charge in [0.15, 0.2) is 0 Å². The molecule has 0 unspecified atom stereocenters.